The Balaban J connectivity index is 2.17. The number of carboxylic acid groups (broad SMARTS) is 1. The van der Waals surface area contributed by atoms with Gasteiger partial charge in [-0.05, 0) is 32.1 Å². The molecule has 2 N–H and O–H groups in total. The van der Waals surface area contributed by atoms with Crippen LogP contribution in [0.4, 0.5) is 0 Å². The Labute approximate surface area is 119 Å². The Bertz CT molecular complexity index is 360. The van der Waals surface area contributed by atoms with Crippen molar-refractivity contribution in [2.24, 2.45) is 5.92 Å². The standard InChI is InChI=1S/C14H24N2O4/c1-16(2)13(18)5-3-4-12(17)15-11-8-6-10(7-9-11)14(19)20/h10-11H,3-9H2,1-2H3,(H,15,17)(H,19,20). The molecule has 6 heteroatoms. The van der Waals surface area contributed by atoms with E-state index in [1.807, 2.05) is 0 Å². The van der Waals surface area contributed by atoms with Crippen LogP contribution in [0.2, 0.25) is 0 Å². The summed E-state index contributed by atoms with van der Waals surface area (Å²) >= 11 is 0. The highest BCUT2D eigenvalue weighted by molar-refractivity contribution is 5.78. The fourth-order valence-corrected chi connectivity index (χ4v) is 2.41. The Morgan fingerprint density at radius 3 is 2.20 bits per heavy atom. The smallest absolute Gasteiger partial charge is 0.306 e. The summed E-state index contributed by atoms with van der Waals surface area (Å²) in [5.74, 6) is -1.02. The van der Waals surface area contributed by atoms with Gasteiger partial charge in [0, 0.05) is 33.0 Å². The molecule has 0 aromatic rings. The molecule has 1 aliphatic carbocycles. The summed E-state index contributed by atoms with van der Waals surface area (Å²) in [6, 6.07) is 0.0858. The number of carbonyl (C=O) groups is 3. The predicted octanol–water partition coefficient (Wildman–Crippen LogP) is 1.00. The molecule has 114 valence electrons. The van der Waals surface area contributed by atoms with Crippen molar-refractivity contribution in [3.05, 3.63) is 0 Å². The molecule has 0 aromatic carbocycles. The summed E-state index contributed by atoms with van der Waals surface area (Å²) in [7, 11) is 3.40. The van der Waals surface area contributed by atoms with Gasteiger partial charge in [-0.15, -0.1) is 0 Å². The van der Waals surface area contributed by atoms with E-state index in [-0.39, 0.29) is 23.8 Å². The van der Waals surface area contributed by atoms with E-state index < -0.39 is 5.97 Å². The first-order valence-corrected chi connectivity index (χ1v) is 7.12. The third-order valence-electron chi connectivity index (χ3n) is 3.73. The van der Waals surface area contributed by atoms with Crippen LogP contribution in [-0.4, -0.2) is 47.9 Å². The number of carboxylic acids is 1. The van der Waals surface area contributed by atoms with E-state index in [2.05, 4.69) is 5.32 Å². The Kier molecular flexibility index (Phi) is 6.48. The van der Waals surface area contributed by atoms with Gasteiger partial charge in [0.1, 0.15) is 0 Å². The normalized spacial score (nSPS) is 22.1. The van der Waals surface area contributed by atoms with E-state index in [4.69, 9.17) is 5.11 Å². The first kappa shape index (κ1) is 16.5. The van der Waals surface area contributed by atoms with Crippen molar-refractivity contribution >= 4 is 17.8 Å². The lowest BCUT2D eigenvalue weighted by molar-refractivity contribution is -0.142. The largest absolute Gasteiger partial charge is 0.481 e. The van der Waals surface area contributed by atoms with Gasteiger partial charge in [-0.1, -0.05) is 0 Å². The van der Waals surface area contributed by atoms with Crippen LogP contribution in [-0.2, 0) is 14.4 Å². The molecule has 0 saturated heterocycles. The molecule has 0 atom stereocenters. The molecular formula is C14H24N2O4. The highest BCUT2D eigenvalue weighted by atomic mass is 16.4. The van der Waals surface area contributed by atoms with Gasteiger partial charge in [0.2, 0.25) is 11.8 Å². The average Bonchev–Trinajstić information content (AvgIpc) is 2.39. The van der Waals surface area contributed by atoms with Crippen LogP contribution in [0.25, 0.3) is 0 Å². The zero-order chi connectivity index (χ0) is 15.1. The van der Waals surface area contributed by atoms with Crippen molar-refractivity contribution in [3.8, 4) is 0 Å². The molecule has 0 radical (unpaired) electrons. The van der Waals surface area contributed by atoms with Crippen molar-refractivity contribution in [2.45, 2.75) is 51.0 Å². The first-order chi connectivity index (χ1) is 9.40. The number of nitrogens with zero attached hydrogens (tertiary/aromatic N) is 1. The van der Waals surface area contributed by atoms with E-state index in [1.165, 1.54) is 4.90 Å². The molecule has 0 aliphatic heterocycles. The summed E-state index contributed by atoms with van der Waals surface area (Å²) in [6.07, 6.45) is 3.97. The van der Waals surface area contributed by atoms with Gasteiger partial charge >= 0.3 is 5.97 Å². The molecule has 1 saturated carbocycles. The molecule has 0 aromatic heterocycles. The lowest BCUT2D eigenvalue weighted by Crippen LogP contribution is -2.38. The molecule has 1 fully saturated rings. The minimum Gasteiger partial charge on any atom is -0.481 e. The number of amides is 2. The quantitative estimate of drug-likeness (QED) is 0.762. The number of hydrogen-bond donors (Lipinski definition) is 2. The molecule has 0 heterocycles. The van der Waals surface area contributed by atoms with Crippen LogP contribution in [0.3, 0.4) is 0 Å². The average molecular weight is 284 g/mol. The Morgan fingerprint density at radius 1 is 1.10 bits per heavy atom. The molecule has 0 bridgehead atoms. The summed E-state index contributed by atoms with van der Waals surface area (Å²) in [4.78, 5) is 35.4. The monoisotopic (exact) mass is 284 g/mol. The van der Waals surface area contributed by atoms with E-state index in [9.17, 15) is 14.4 Å². The van der Waals surface area contributed by atoms with Crippen molar-refractivity contribution in [1.29, 1.82) is 0 Å². The summed E-state index contributed by atoms with van der Waals surface area (Å²) < 4.78 is 0. The van der Waals surface area contributed by atoms with Gasteiger partial charge in [0.25, 0.3) is 0 Å². The van der Waals surface area contributed by atoms with Gasteiger partial charge in [-0.25, -0.2) is 0 Å². The van der Waals surface area contributed by atoms with E-state index in [1.54, 1.807) is 14.1 Å². The van der Waals surface area contributed by atoms with E-state index in [0.717, 1.165) is 12.8 Å². The van der Waals surface area contributed by atoms with Crippen molar-refractivity contribution in [2.75, 3.05) is 14.1 Å². The molecule has 20 heavy (non-hydrogen) atoms. The SMILES string of the molecule is CN(C)C(=O)CCCC(=O)NC1CCC(C(=O)O)CC1. The lowest BCUT2D eigenvalue weighted by Gasteiger charge is -2.26. The molecule has 6 nitrogen and oxygen atoms in total. The maximum atomic E-state index is 11.7. The van der Waals surface area contributed by atoms with Gasteiger partial charge in [0.15, 0.2) is 0 Å². The number of carbonyl (C=O) groups excluding carboxylic acids is 2. The Morgan fingerprint density at radius 2 is 1.70 bits per heavy atom. The van der Waals surface area contributed by atoms with E-state index >= 15 is 0 Å². The molecular weight excluding hydrogens is 260 g/mol. The van der Waals surface area contributed by atoms with Gasteiger partial charge < -0.3 is 15.3 Å². The Hall–Kier alpha value is -1.59. The lowest BCUT2D eigenvalue weighted by atomic mass is 9.86. The third kappa shape index (κ3) is 5.59. The zero-order valence-electron chi connectivity index (χ0n) is 12.2. The number of rotatable bonds is 6. The van der Waals surface area contributed by atoms with Crippen molar-refractivity contribution < 1.29 is 19.5 Å². The van der Waals surface area contributed by atoms with Crippen molar-refractivity contribution in [3.63, 3.8) is 0 Å². The fourth-order valence-electron chi connectivity index (χ4n) is 2.41. The van der Waals surface area contributed by atoms with E-state index in [0.29, 0.717) is 32.1 Å². The summed E-state index contributed by atoms with van der Waals surface area (Å²) in [6.45, 7) is 0. The zero-order valence-corrected chi connectivity index (χ0v) is 12.2. The molecule has 1 aliphatic rings. The second-order valence-electron chi connectivity index (χ2n) is 5.60. The summed E-state index contributed by atoms with van der Waals surface area (Å²) in [5.41, 5.74) is 0. The minimum atomic E-state index is -0.739. The van der Waals surface area contributed by atoms with Gasteiger partial charge in [0.05, 0.1) is 5.92 Å². The van der Waals surface area contributed by atoms with Crippen LogP contribution in [0.15, 0.2) is 0 Å². The maximum Gasteiger partial charge on any atom is 0.306 e. The predicted molar refractivity (Wildman–Crippen MR) is 74.1 cm³/mol. The topological polar surface area (TPSA) is 86.7 Å². The second-order valence-corrected chi connectivity index (χ2v) is 5.60. The highest BCUT2D eigenvalue weighted by Crippen LogP contribution is 2.24. The fraction of sp³-hybridized carbons (Fsp3) is 0.786. The number of hydrogen-bond acceptors (Lipinski definition) is 3. The van der Waals surface area contributed by atoms with Gasteiger partial charge in [-0.2, -0.15) is 0 Å². The van der Waals surface area contributed by atoms with Crippen LogP contribution >= 0.6 is 0 Å². The van der Waals surface area contributed by atoms with Gasteiger partial charge in [-0.3, -0.25) is 14.4 Å². The maximum absolute atomic E-state index is 11.7. The third-order valence-corrected chi connectivity index (χ3v) is 3.73. The summed E-state index contributed by atoms with van der Waals surface area (Å²) in [5, 5.41) is 11.8. The van der Waals surface area contributed by atoms with Crippen LogP contribution in [0.1, 0.15) is 44.9 Å². The molecule has 1 rings (SSSR count). The minimum absolute atomic E-state index is 0.0276. The number of aliphatic carboxylic acids is 1. The molecule has 0 unspecified atom stereocenters. The number of nitrogens with one attached hydrogen (secondary N) is 1. The first-order valence-electron chi connectivity index (χ1n) is 7.12. The van der Waals surface area contributed by atoms with Crippen LogP contribution in [0.5, 0.6) is 0 Å². The second kappa shape index (κ2) is 7.87. The van der Waals surface area contributed by atoms with Crippen molar-refractivity contribution in [1.82, 2.24) is 10.2 Å². The van der Waals surface area contributed by atoms with Crippen LogP contribution in [0, 0.1) is 5.92 Å². The van der Waals surface area contributed by atoms with Crippen LogP contribution < -0.4 is 5.32 Å². The highest BCUT2D eigenvalue weighted by Gasteiger charge is 2.26. The molecule has 0 spiro atoms. The molecule has 2 amide bonds.